The summed E-state index contributed by atoms with van der Waals surface area (Å²) >= 11 is 0. The monoisotopic (exact) mass is 318 g/mol. The van der Waals surface area contributed by atoms with Crippen molar-refractivity contribution in [3.63, 3.8) is 0 Å². The lowest BCUT2D eigenvalue weighted by atomic mass is 10.4. The second-order valence-corrected chi connectivity index (χ2v) is 4.47. The molecule has 0 heterocycles. The quantitative estimate of drug-likeness (QED) is 0.409. The number of hydrogen-bond acceptors (Lipinski definition) is 6. The Morgan fingerprint density at radius 2 is 1.32 bits per heavy atom. The summed E-state index contributed by atoms with van der Waals surface area (Å²) in [5.41, 5.74) is 0. The van der Waals surface area contributed by atoms with Crippen LogP contribution in [-0.2, 0) is 28.6 Å². The Hall–Kier alpha value is -1.51. The molecule has 0 radical (unpaired) electrons. The first-order valence-corrected chi connectivity index (χ1v) is 7.32. The largest absolute Gasteiger partial charge is 0.377 e. The molecule has 0 aromatic rings. The summed E-state index contributed by atoms with van der Waals surface area (Å²) in [5, 5.41) is 5.29. The molecule has 8 nitrogen and oxygen atoms in total. The maximum Gasteiger partial charge on any atom is 0.246 e. The van der Waals surface area contributed by atoms with E-state index in [9.17, 15) is 14.4 Å². The van der Waals surface area contributed by atoms with Gasteiger partial charge in [-0.3, -0.25) is 14.4 Å². The molecule has 2 amide bonds. The van der Waals surface area contributed by atoms with Crippen LogP contribution < -0.4 is 10.6 Å². The molecule has 8 heteroatoms. The first kappa shape index (κ1) is 20.5. The Bertz CT molecular complexity index is 335. The molecular formula is C14H26N2O6. The first-order valence-electron chi connectivity index (χ1n) is 7.32. The van der Waals surface area contributed by atoms with Crippen LogP contribution in [0.3, 0.4) is 0 Å². The van der Waals surface area contributed by atoms with Gasteiger partial charge in [-0.15, -0.1) is 0 Å². The topological polar surface area (TPSA) is 103 Å². The van der Waals surface area contributed by atoms with Crippen molar-refractivity contribution in [2.75, 3.05) is 52.7 Å². The Labute approximate surface area is 130 Å². The van der Waals surface area contributed by atoms with Gasteiger partial charge < -0.3 is 24.8 Å². The number of rotatable bonds is 14. The van der Waals surface area contributed by atoms with Crippen LogP contribution in [0.2, 0.25) is 0 Å². The Morgan fingerprint density at radius 3 is 1.82 bits per heavy atom. The van der Waals surface area contributed by atoms with Crippen molar-refractivity contribution < 1.29 is 28.6 Å². The standard InChI is InChI=1S/C14H26N2O6/c1-3-13(18)15-4-6-20-8-9-21-7-5-16-14(19)11-22-10-12(2)17/h3-11H2,1-2H3,(H,15,18)(H,16,19). The molecule has 22 heavy (non-hydrogen) atoms. The fraction of sp³-hybridized carbons (Fsp3) is 0.786. The highest BCUT2D eigenvalue weighted by Crippen LogP contribution is 1.81. The molecule has 0 fully saturated rings. The number of nitrogens with one attached hydrogen (secondary N) is 2. The van der Waals surface area contributed by atoms with E-state index in [0.717, 1.165) is 0 Å². The third kappa shape index (κ3) is 14.9. The summed E-state index contributed by atoms with van der Waals surface area (Å²) in [6.45, 7) is 5.51. The second kappa shape index (κ2) is 14.4. The maximum atomic E-state index is 11.2. The van der Waals surface area contributed by atoms with E-state index in [1.54, 1.807) is 6.92 Å². The van der Waals surface area contributed by atoms with E-state index in [1.807, 2.05) is 0 Å². The molecule has 0 aliphatic rings. The maximum absolute atomic E-state index is 11.2. The zero-order valence-electron chi connectivity index (χ0n) is 13.3. The lowest BCUT2D eigenvalue weighted by Gasteiger charge is -2.08. The number of amides is 2. The van der Waals surface area contributed by atoms with Crippen LogP contribution in [-0.4, -0.2) is 70.3 Å². The van der Waals surface area contributed by atoms with E-state index in [-0.39, 0.29) is 30.8 Å². The van der Waals surface area contributed by atoms with Gasteiger partial charge in [-0.2, -0.15) is 0 Å². The SMILES string of the molecule is CCC(=O)NCCOCCOCCNC(=O)COCC(C)=O. The summed E-state index contributed by atoms with van der Waals surface area (Å²) in [5.74, 6) is -0.402. The number of hydrogen-bond donors (Lipinski definition) is 2. The third-order valence-electron chi connectivity index (χ3n) is 2.37. The molecule has 0 saturated carbocycles. The van der Waals surface area contributed by atoms with Crippen LogP contribution in [0.4, 0.5) is 0 Å². The molecular weight excluding hydrogens is 292 g/mol. The minimum atomic E-state index is -0.284. The van der Waals surface area contributed by atoms with E-state index < -0.39 is 0 Å². The highest BCUT2D eigenvalue weighted by atomic mass is 16.5. The van der Waals surface area contributed by atoms with E-state index >= 15 is 0 Å². The van der Waals surface area contributed by atoms with Crippen LogP contribution >= 0.6 is 0 Å². The molecule has 0 aliphatic carbocycles. The fourth-order valence-electron chi connectivity index (χ4n) is 1.31. The summed E-state index contributed by atoms with van der Waals surface area (Å²) in [6, 6.07) is 0. The summed E-state index contributed by atoms with van der Waals surface area (Å²) in [6.07, 6.45) is 0.467. The lowest BCUT2D eigenvalue weighted by Crippen LogP contribution is -2.31. The number of ketones is 1. The molecule has 0 unspecified atom stereocenters. The van der Waals surface area contributed by atoms with Crippen molar-refractivity contribution in [2.45, 2.75) is 20.3 Å². The van der Waals surface area contributed by atoms with Gasteiger partial charge in [-0.25, -0.2) is 0 Å². The van der Waals surface area contributed by atoms with Gasteiger partial charge in [0.05, 0.1) is 26.4 Å². The molecule has 0 rings (SSSR count). The Balaban J connectivity index is 3.21. The van der Waals surface area contributed by atoms with E-state index in [0.29, 0.717) is 45.9 Å². The molecule has 0 spiro atoms. The fourth-order valence-corrected chi connectivity index (χ4v) is 1.31. The van der Waals surface area contributed by atoms with Crippen molar-refractivity contribution in [3.8, 4) is 0 Å². The number of carbonyl (C=O) groups excluding carboxylic acids is 3. The van der Waals surface area contributed by atoms with E-state index in [2.05, 4.69) is 10.6 Å². The molecule has 0 atom stereocenters. The summed E-state index contributed by atoms with van der Waals surface area (Å²) < 4.78 is 15.4. The summed E-state index contributed by atoms with van der Waals surface area (Å²) in [4.78, 5) is 32.8. The van der Waals surface area contributed by atoms with Crippen molar-refractivity contribution >= 4 is 17.6 Å². The predicted molar refractivity (Wildman–Crippen MR) is 79.4 cm³/mol. The van der Waals surface area contributed by atoms with Crippen LogP contribution in [0.1, 0.15) is 20.3 Å². The Morgan fingerprint density at radius 1 is 0.773 bits per heavy atom. The van der Waals surface area contributed by atoms with Gasteiger partial charge in [0.1, 0.15) is 13.2 Å². The van der Waals surface area contributed by atoms with Crippen molar-refractivity contribution in [1.82, 2.24) is 10.6 Å². The van der Waals surface area contributed by atoms with Crippen LogP contribution in [0, 0.1) is 0 Å². The molecule has 0 aromatic carbocycles. The first-order chi connectivity index (χ1) is 10.6. The van der Waals surface area contributed by atoms with Gasteiger partial charge in [-0.1, -0.05) is 6.92 Å². The minimum absolute atomic E-state index is 0.00266. The van der Waals surface area contributed by atoms with Gasteiger partial charge in [0.2, 0.25) is 11.8 Å². The van der Waals surface area contributed by atoms with Crippen LogP contribution in [0.5, 0.6) is 0 Å². The second-order valence-electron chi connectivity index (χ2n) is 4.47. The van der Waals surface area contributed by atoms with E-state index in [4.69, 9.17) is 14.2 Å². The van der Waals surface area contributed by atoms with Gasteiger partial charge in [0, 0.05) is 19.5 Å². The number of carbonyl (C=O) groups is 3. The molecule has 0 aliphatic heterocycles. The molecule has 0 bridgehead atoms. The highest BCUT2D eigenvalue weighted by Gasteiger charge is 2.01. The lowest BCUT2D eigenvalue weighted by molar-refractivity contribution is -0.129. The van der Waals surface area contributed by atoms with Gasteiger partial charge in [-0.05, 0) is 6.92 Å². The number of ether oxygens (including phenoxy) is 3. The number of Topliss-reactive ketones (excluding diaryl/α,β-unsaturated/α-hetero) is 1. The van der Waals surface area contributed by atoms with Gasteiger partial charge >= 0.3 is 0 Å². The van der Waals surface area contributed by atoms with E-state index in [1.165, 1.54) is 6.92 Å². The van der Waals surface area contributed by atoms with Crippen LogP contribution in [0.15, 0.2) is 0 Å². The predicted octanol–water partition coefficient (Wildman–Crippen LogP) is -0.732. The minimum Gasteiger partial charge on any atom is -0.377 e. The molecule has 2 N–H and O–H groups in total. The highest BCUT2D eigenvalue weighted by molar-refractivity contribution is 5.79. The van der Waals surface area contributed by atoms with Gasteiger partial charge in [0.15, 0.2) is 5.78 Å². The normalized spacial score (nSPS) is 10.3. The molecule has 0 aromatic heterocycles. The zero-order chi connectivity index (χ0) is 16.6. The van der Waals surface area contributed by atoms with Crippen molar-refractivity contribution in [2.24, 2.45) is 0 Å². The smallest absolute Gasteiger partial charge is 0.246 e. The Kier molecular flexibility index (Phi) is 13.4. The average molecular weight is 318 g/mol. The average Bonchev–Trinajstić information content (AvgIpc) is 2.48. The summed E-state index contributed by atoms with van der Waals surface area (Å²) in [7, 11) is 0. The van der Waals surface area contributed by atoms with Gasteiger partial charge in [0.25, 0.3) is 0 Å². The van der Waals surface area contributed by atoms with Crippen LogP contribution in [0.25, 0.3) is 0 Å². The third-order valence-corrected chi connectivity index (χ3v) is 2.37. The molecule has 0 saturated heterocycles. The van der Waals surface area contributed by atoms with Crippen molar-refractivity contribution in [1.29, 1.82) is 0 Å². The van der Waals surface area contributed by atoms with Crippen molar-refractivity contribution in [3.05, 3.63) is 0 Å². The molecule has 128 valence electrons. The zero-order valence-corrected chi connectivity index (χ0v) is 13.3.